The molecule has 3 N–H and O–H groups in total. The van der Waals surface area contributed by atoms with E-state index in [1.807, 2.05) is 0 Å². The Labute approximate surface area is 155 Å². The van der Waals surface area contributed by atoms with Gasteiger partial charge in [-0.25, -0.2) is 9.18 Å². The van der Waals surface area contributed by atoms with Crippen molar-refractivity contribution in [1.82, 2.24) is 15.5 Å². The largest absolute Gasteiger partial charge is 0.479 e. The fourth-order valence-electron chi connectivity index (χ4n) is 2.82. The van der Waals surface area contributed by atoms with E-state index in [0.717, 1.165) is 0 Å². The summed E-state index contributed by atoms with van der Waals surface area (Å²) >= 11 is 0. The van der Waals surface area contributed by atoms with E-state index in [9.17, 15) is 19.1 Å². The predicted molar refractivity (Wildman–Crippen MR) is 97.4 cm³/mol. The number of nitrogens with one attached hydrogen (secondary N) is 2. The van der Waals surface area contributed by atoms with Gasteiger partial charge in [0, 0.05) is 16.8 Å². The maximum Gasteiger partial charge on any atom is 0.330 e. The summed E-state index contributed by atoms with van der Waals surface area (Å²) in [6.45, 7) is 1.77. The summed E-state index contributed by atoms with van der Waals surface area (Å²) in [5.74, 6) is -1.95. The van der Waals surface area contributed by atoms with E-state index in [2.05, 4.69) is 15.5 Å². The highest BCUT2D eigenvalue weighted by molar-refractivity contribution is 5.87. The maximum absolute atomic E-state index is 13.2. The van der Waals surface area contributed by atoms with Gasteiger partial charge in [-0.1, -0.05) is 30.3 Å². The number of hydrogen-bond acceptors (Lipinski definition) is 3. The van der Waals surface area contributed by atoms with E-state index in [0.29, 0.717) is 28.1 Å². The Kier molecular flexibility index (Phi) is 5.30. The van der Waals surface area contributed by atoms with Crippen LogP contribution in [0.15, 0.2) is 54.6 Å². The maximum atomic E-state index is 13.2. The molecule has 2 aromatic carbocycles. The normalized spacial score (nSPS) is 11.8. The Hall–Kier alpha value is -3.48. The Morgan fingerprint density at radius 3 is 2.44 bits per heavy atom. The molecule has 3 aromatic rings. The average Bonchev–Trinajstić information content (AvgIpc) is 3.01. The zero-order chi connectivity index (χ0) is 19.4. The van der Waals surface area contributed by atoms with Crippen molar-refractivity contribution in [2.45, 2.75) is 19.4 Å². The summed E-state index contributed by atoms with van der Waals surface area (Å²) < 4.78 is 13.2. The van der Waals surface area contributed by atoms with Crippen LogP contribution < -0.4 is 5.32 Å². The molecule has 1 atom stereocenters. The molecule has 0 unspecified atom stereocenters. The fourth-order valence-corrected chi connectivity index (χ4v) is 2.82. The molecule has 3 rings (SSSR count). The average molecular weight is 367 g/mol. The molecular weight excluding hydrogens is 349 g/mol. The molecular formula is C20H18FN3O3. The quantitative estimate of drug-likeness (QED) is 0.624. The van der Waals surface area contributed by atoms with Crippen molar-refractivity contribution < 1.29 is 19.1 Å². The van der Waals surface area contributed by atoms with Crippen LogP contribution in [0.1, 0.15) is 22.9 Å². The van der Waals surface area contributed by atoms with Gasteiger partial charge in [0.15, 0.2) is 6.04 Å². The van der Waals surface area contributed by atoms with Crippen LogP contribution in [-0.2, 0) is 16.0 Å². The van der Waals surface area contributed by atoms with Gasteiger partial charge in [-0.05, 0) is 36.8 Å². The van der Waals surface area contributed by atoms with Crippen LogP contribution in [-0.4, -0.2) is 27.2 Å². The van der Waals surface area contributed by atoms with Gasteiger partial charge in [0.1, 0.15) is 5.82 Å². The van der Waals surface area contributed by atoms with Gasteiger partial charge in [0.2, 0.25) is 5.91 Å². The standard InChI is InChI=1S/C20H18FN3O3/c1-12-16(18(24-23-12)14-7-9-15(21)10-8-14)11-17(25)22-19(20(26)27)13-5-3-2-4-6-13/h2-10,19H,11H2,1H3,(H,22,25)(H,23,24)(H,26,27)/t19-/m0/s1. The van der Waals surface area contributed by atoms with E-state index in [4.69, 9.17) is 0 Å². The van der Waals surface area contributed by atoms with Crippen molar-refractivity contribution in [2.24, 2.45) is 0 Å². The van der Waals surface area contributed by atoms with E-state index in [1.165, 1.54) is 12.1 Å². The van der Waals surface area contributed by atoms with Crippen molar-refractivity contribution in [3.8, 4) is 11.3 Å². The molecule has 0 saturated heterocycles. The number of amides is 1. The summed E-state index contributed by atoms with van der Waals surface area (Å²) in [7, 11) is 0. The molecule has 1 heterocycles. The number of nitrogens with zero attached hydrogens (tertiary/aromatic N) is 1. The number of H-pyrrole nitrogens is 1. The number of benzene rings is 2. The molecule has 6 nitrogen and oxygen atoms in total. The van der Waals surface area contributed by atoms with Crippen LogP contribution in [0.25, 0.3) is 11.3 Å². The third-order valence-corrected chi connectivity index (χ3v) is 4.21. The molecule has 1 aromatic heterocycles. The van der Waals surface area contributed by atoms with E-state index in [1.54, 1.807) is 49.4 Å². The lowest BCUT2D eigenvalue weighted by molar-refractivity contribution is -0.141. The summed E-state index contributed by atoms with van der Waals surface area (Å²) in [5, 5.41) is 19.0. The topological polar surface area (TPSA) is 95.1 Å². The molecule has 0 aliphatic carbocycles. The van der Waals surface area contributed by atoms with Crippen LogP contribution in [0, 0.1) is 12.7 Å². The second-order valence-electron chi connectivity index (χ2n) is 6.11. The number of carbonyl (C=O) groups excluding carboxylic acids is 1. The zero-order valence-electron chi connectivity index (χ0n) is 14.6. The first-order valence-corrected chi connectivity index (χ1v) is 8.32. The van der Waals surface area contributed by atoms with E-state index >= 15 is 0 Å². The van der Waals surface area contributed by atoms with Crippen LogP contribution in [0.5, 0.6) is 0 Å². The lowest BCUT2D eigenvalue weighted by atomic mass is 10.0. The van der Waals surface area contributed by atoms with E-state index < -0.39 is 17.9 Å². The Morgan fingerprint density at radius 2 is 1.81 bits per heavy atom. The van der Waals surface area contributed by atoms with Gasteiger partial charge < -0.3 is 10.4 Å². The molecule has 0 aliphatic rings. The van der Waals surface area contributed by atoms with Crippen LogP contribution >= 0.6 is 0 Å². The second kappa shape index (κ2) is 7.82. The number of carboxylic acid groups (broad SMARTS) is 1. The van der Waals surface area contributed by atoms with Gasteiger partial charge in [0.05, 0.1) is 12.1 Å². The number of rotatable bonds is 6. The number of halogens is 1. The first-order valence-electron chi connectivity index (χ1n) is 8.32. The molecule has 1 amide bonds. The van der Waals surface area contributed by atoms with Crippen molar-refractivity contribution in [1.29, 1.82) is 0 Å². The Morgan fingerprint density at radius 1 is 1.15 bits per heavy atom. The number of carboxylic acids is 1. The smallest absolute Gasteiger partial charge is 0.330 e. The molecule has 0 fully saturated rings. The molecule has 0 radical (unpaired) electrons. The predicted octanol–water partition coefficient (Wildman–Crippen LogP) is 3.01. The SMILES string of the molecule is Cc1[nH]nc(-c2ccc(F)cc2)c1CC(=O)N[C@H](C(=O)O)c1ccccc1. The molecule has 0 aliphatic heterocycles. The number of aryl methyl sites for hydroxylation is 1. The number of carbonyl (C=O) groups is 2. The molecule has 0 bridgehead atoms. The monoisotopic (exact) mass is 367 g/mol. The first kappa shape index (κ1) is 18.3. The number of aromatic amines is 1. The van der Waals surface area contributed by atoms with Crippen LogP contribution in [0.3, 0.4) is 0 Å². The summed E-state index contributed by atoms with van der Waals surface area (Å²) in [4.78, 5) is 24.1. The fraction of sp³-hybridized carbons (Fsp3) is 0.150. The van der Waals surface area contributed by atoms with Gasteiger partial charge in [-0.15, -0.1) is 0 Å². The van der Waals surface area contributed by atoms with Crippen molar-refractivity contribution in [3.63, 3.8) is 0 Å². The minimum atomic E-state index is -1.14. The number of aromatic nitrogens is 2. The van der Waals surface area contributed by atoms with Crippen LogP contribution in [0.2, 0.25) is 0 Å². The Balaban J connectivity index is 1.81. The zero-order valence-corrected chi connectivity index (χ0v) is 14.6. The van der Waals surface area contributed by atoms with Crippen molar-refractivity contribution >= 4 is 11.9 Å². The van der Waals surface area contributed by atoms with Gasteiger partial charge in [0.25, 0.3) is 0 Å². The second-order valence-corrected chi connectivity index (χ2v) is 6.11. The van der Waals surface area contributed by atoms with Gasteiger partial charge >= 0.3 is 5.97 Å². The van der Waals surface area contributed by atoms with Crippen molar-refractivity contribution in [3.05, 3.63) is 77.2 Å². The molecule has 138 valence electrons. The minimum absolute atomic E-state index is 0.0499. The number of aliphatic carboxylic acids is 1. The molecule has 0 saturated carbocycles. The van der Waals surface area contributed by atoms with Gasteiger partial charge in [-0.2, -0.15) is 5.10 Å². The number of hydrogen-bond donors (Lipinski definition) is 3. The highest BCUT2D eigenvalue weighted by Crippen LogP contribution is 2.24. The highest BCUT2D eigenvalue weighted by Gasteiger charge is 2.23. The molecule has 27 heavy (non-hydrogen) atoms. The highest BCUT2D eigenvalue weighted by atomic mass is 19.1. The summed E-state index contributed by atoms with van der Waals surface area (Å²) in [6, 6.07) is 13.1. The molecule has 0 spiro atoms. The lowest BCUT2D eigenvalue weighted by Gasteiger charge is -2.15. The lowest BCUT2D eigenvalue weighted by Crippen LogP contribution is -2.34. The third-order valence-electron chi connectivity index (χ3n) is 4.21. The third kappa shape index (κ3) is 4.20. The van der Waals surface area contributed by atoms with Crippen LogP contribution in [0.4, 0.5) is 4.39 Å². The van der Waals surface area contributed by atoms with Crippen molar-refractivity contribution in [2.75, 3.05) is 0 Å². The minimum Gasteiger partial charge on any atom is -0.479 e. The summed E-state index contributed by atoms with van der Waals surface area (Å²) in [5.41, 5.74) is 3.02. The Bertz CT molecular complexity index is 952. The van der Waals surface area contributed by atoms with Gasteiger partial charge in [-0.3, -0.25) is 9.89 Å². The summed E-state index contributed by atoms with van der Waals surface area (Å²) in [6.07, 6.45) is -0.0499. The molecule has 7 heteroatoms. The van der Waals surface area contributed by atoms with E-state index in [-0.39, 0.29) is 12.2 Å². The first-order chi connectivity index (χ1) is 13.0.